The Hall–Kier alpha value is -1.39. The Kier molecular flexibility index (Phi) is 1.97. The van der Waals surface area contributed by atoms with Gasteiger partial charge in [0.2, 0.25) is 0 Å². The maximum atomic E-state index is 5.96. The van der Waals surface area contributed by atoms with Gasteiger partial charge in [-0.05, 0) is 17.5 Å². The lowest BCUT2D eigenvalue weighted by Crippen LogP contribution is -1.84. The normalized spacial score (nSPS) is 10.9. The van der Waals surface area contributed by atoms with Crippen molar-refractivity contribution in [3.8, 4) is 10.4 Å². The molecule has 2 N–H and O–H groups in total. The molecule has 0 amide bonds. The Labute approximate surface area is 95.0 Å². The fourth-order valence-corrected chi connectivity index (χ4v) is 3.21. The molecule has 3 aromatic rings. The van der Waals surface area contributed by atoms with Gasteiger partial charge in [-0.3, -0.25) is 0 Å². The van der Waals surface area contributed by atoms with Crippen LogP contribution in [0.4, 0.5) is 5.69 Å². The minimum Gasteiger partial charge on any atom is -0.397 e. The Morgan fingerprint density at radius 1 is 1.20 bits per heavy atom. The average Bonchev–Trinajstić information content (AvgIpc) is 2.88. The van der Waals surface area contributed by atoms with Gasteiger partial charge in [0.15, 0.2) is 0 Å². The topological polar surface area (TPSA) is 38.9 Å². The number of nitrogen functional groups attached to an aromatic ring is 1. The van der Waals surface area contributed by atoms with E-state index in [1.807, 2.05) is 17.6 Å². The first-order valence-corrected chi connectivity index (χ1v) is 6.28. The molecule has 0 radical (unpaired) electrons. The highest BCUT2D eigenvalue weighted by Gasteiger charge is 2.09. The molecule has 3 aromatic heterocycles. The Balaban J connectivity index is 2.39. The van der Waals surface area contributed by atoms with Crippen LogP contribution in [0.5, 0.6) is 0 Å². The van der Waals surface area contributed by atoms with E-state index in [0.29, 0.717) is 0 Å². The van der Waals surface area contributed by atoms with Crippen molar-refractivity contribution < 1.29 is 0 Å². The van der Waals surface area contributed by atoms with Gasteiger partial charge < -0.3 is 5.73 Å². The Bertz CT molecular complexity index is 596. The number of aromatic nitrogens is 1. The third-order valence-corrected chi connectivity index (χ3v) is 4.10. The summed E-state index contributed by atoms with van der Waals surface area (Å²) in [4.78, 5) is 6.57. The summed E-state index contributed by atoms with van der Waals surface area (Å²) in [5.41, 5.74) is 7.97. The second-order valence-electron chi connectivity index (χ2n) is 3.21. The number of fused-ring (bicyclic) bond motifs is 1. The van der Waals surface area contributed by atoms with Crippen molar-refractivity contribution in [2.24, 2.45) is 0 Å². The van der Waals surface area contributed by atoms with Crippen LogP contribution in [-0.2, 0) is 0 Å². The van der Waals surface area contributed by atoms with Gasteiger partial charge in [0.25, 0.3) is 0 Å². The monoisotopic (exact) mass is 232 g/mol. The van der Waals surface area contributed by atoms with E-state index in [1.165, 1.54) is 10.4 Å². The summed E-state index contributed by atoms with van der Waals surface area (Å²) in [7, 11) is 0. The van der Waals surface area contributed by atoms with Crippen molar-refractivity contribution in [3.63, 3.8) is 0 Å². The number of hydrogen-bond acceptors (Lipinski definition) is 4. The van der Waals surface area contributed by atoms with E-state index in [2.05, 4.69) is 22.5 Å². The van der Waals surface area contributed by atoms with Crippen LogP contribution in [0.25, 0.3) is 20.7 Å². The van der Waals surface area contributed by atoms with Gasteiger partial charge in [0.1, 0.15) is 4.83 Å². The summed E-state index contributed by atoms with van der Waals surface area (Å²) in [5.74, 6) is 0. The lowest BCUT2D eigenvalue weighted by Gasteiger charge is -2.00. The van der Waals surface area contributed by atoms with Gasteiger partial charge in [-0.15, -0.1) is 22.7 Å². The van der Waals surface area contributed by atoms with E-state index in [0.717, 1.165) is 15.9 Å². The first kappa shape index (κ1) is 8.88. The molecule has 0 fully saturated rings. The third-order valence-electron chi connectivity index (χ3n) is 2.29. The Morgan fingerprint density at radius 2 is 2.13 bits per heavy atom. The van der Waals surface area contributed by atoms with Crippen LogP contribution in [0.2, 0.25) is 0 Å². The molecule has 3 heterocycles. The Morgan fingerprint density at radius 3 is 2.93 bits per heavy atom. The van der Waals surface area contributed by atoms with Crippen LogP contribution in [0.1, 0.15) is 0 Å². The fraction of sp³-hybridized carbons (Fsp3) is 0. The molecule has 0 aliphatic rings. The SMILES string of the molecule is Nc1csc2nccc(-c3cccs3)c12. The predicted octanol–water partition coefficient (Wildman–Crippen LogP) is 3.61. The second-order valence-corrected chi connectivity index (χ2v) is 5.01. The van der Waals surface area contributed by atoms with E-state index in [1.54, 1.807) is 22.7 Å². The zero-order chi connectivity index (χ0) is 10.3. The minimum absolute atomic E-state index is 0.825. The van der Waals surface area contributed by atoms with Gasteiger partial charge in [-0.2, -0.15) is 0 Å². The summed E-state index contributed by atoms with van der Waals surface area (Å²) >= 11 is 3.32. The summed E-state index contributed by atoms with van der Waals surface area (Å²) in [6.45, 7) is 0. The first-order valence-electron chi connectivity index (χ1n) is 4.52. The molecule has 3 rings (SSSR count). The average molecular weight is 232 g/mol. The molecule has 0 atom stereocenters. The van der Waals surface area contributed by atoms with Crippen molar-refractivity contribution >= 4 is 38.6 Å². The number of nitrogens with zero attached hydrogens (tertiary/aromatic N) is 1. The maximum absolute atomic E-state index is 5.96. The summed E-state index contributed by atoms with van der Waals surface area (Å²) in [6, 6.07) is 6.18. The van der Waals surface area contributed by atoms with Crippen LogP contribution in [0, 0.1) is 0 Å². The predicted molar refractivity (Wildman–Crippen MR) is 67.3 cm³/mol. The van der Waals surface area contributed by atoms with Crippen molar-refractivity contribution in [2.45, 2.75) is 0 Å². The molecule has 0 saturated carbocycles. The van der Waals surface area contributed by atoms with Gasteiger partial charge in [-0.25, -0.2) is 4.98 Å². The number of pyridine rings is 1. The van der Waals surface area contributed by atoms with E-state index in [-0.39, 0.29) is 0 Å². The molecule has 0 aliphatic carbocycles. The van der Waals surface area contributed by atoms with Gasteiger partial charge in [-0.1, -0.05) is 6.07 Å². The second kappa shape index (κ2) is 3.32. The third kappa shape index (κ3) is 1.33. The largest absolute Gasteiger partial charge is 0.397 e. The van der Waals surface area contributed by atoms with Crippen LogP contribution >= 0.6 is 22.7 Å². The fourth-order valence-electron chi connectivity index (χ4n) is 1.63. The summed E-state index contributed by atoms with van der Waals surface area (Å²) in [5, 5.41) is 5.11. The van der Waals surface area contributed by atoms with Crippen LogP contribution in [0.15, 0.2) is 35.2 Å². The van der Waals surface area contributed by atoms with E-state index in [4.69, 9.17) is 5.73 Å². The highest BCUT2D eigenvalue weighted by molar-refractivity contribution is 7.17. The van der Waals surface area contributed by atoms with E-state index < -0.39 is 0 Å². The number of thiophene rings is 2. The molecule has 0 bridgehead atoms. The quantitative estimate of drug-likeness (QED) is 0.696. The van der Waals surface area contributed by atoms with Gasteiger partial charge in [0.05, 0.1) is 5.69 Å². The smallest absolute Gasteiger partial charge is 0.126 e. The molecule has 0 saturated heterocycles. The van der Waals surface area contributed by atoms with E-state index in [9.17, 15) is 0 Å². The molecular weight excluding hydrogens is 224 g/mol. The number of hydrogen-bond donors (Lipinski definition) is 1. The maximum Gasteiger partial charge on any atom is 0.126 e. The van der Waals surface area contributed by atoms with Crippen molar-refractivity contribution in [3.05, 3.63) is 35.2 Å². The lowest BCUT2D eigenvalue weighted by atomic mass is 10.1. The molecule has 0 spiro atoms. The molecule has 0 aromatic carbocycles. The highest BCUT2D eigenvalue weighted by Crippen LogP contribution is 2.36. The summed E-state index contributed by atoms with van der Waals surface area (Å²) in [6.07, 6.45) is 1.84. The molecule has 4 heteroatoms. The minimum atomic E-state index is 0.825. The van der Waals surface area contributed by atoms with Crippen molar-refractivity contribution in [1.29, 1.82) is 0 Å². The zero-order valence-electron chi connectivity index (χ0n) is 7.81. The number of nitrogens with two attached hydrogens (primary N) is 1. The van der Waals surface area contributed by atoms with Gasteiger partial charge >= 0.3 is 0 Å². The number of rotatable bonds is 1. The molecule has 0 unspecified atom stereocenters. The standard InChI is InChI=1S/C11H8N2S2/c12-8-6-15-11-10(8)7(3-4-13-11)9-2-1-5-14-9/h1-6H,12H2. The molecule has 15 heavy (non-hydrogen) atoms. The van der Waals surface area contributed by atoms with Crippen LogP contribution < -0.4 is 5.73 Å². The van der Waals surface area contributed by atoms with Crippen LogP contribution in [0.3, 0.4) is 0 Å². The van der Waals surface area contributed by atoms with Crippen LogP contribution in [-0.4, -0.2) is 4.98 Å². The van der Waals surface area contributed by atoms with Crippen molar-refractivity contribution in [1.82, 2.24) is 4.98 Å². The number of anilines is 1. The molecule has 2 nitrogen and oxygen atoms in total. The highest BCUT2D eigenvalue weighted by atomic mass is 32.1. The van der Waals surface area contributed by atoms with E-state index >= 15 is 0 Å². The molecule has 0 aliphatic heterocycles. The van der Waals surface area contributed by atoms with Gasteiger partial charge in [0, 0.05) is 27.4 Å². The van der Waals surface area contributed by atoms with Crippen molar-refractivity contribution in [2.75, 3.05) is 5.73 Å². The first-order chi connectivity index (χ1) is 7.36. The molecular formula is C11H8N2S2. The summed E-state index contributed by atoms with van der Waals surface area (Å²) < 4.78 is 0. The molecule has 74 valence electrons. The zero-order valence-corrected chi connectivity index (χ0v) is 9.44. The lowest BCUT2D eigenvalue weighted by molar-refractivity contribution is 1.45.